The fourth-order valence-electron chi connectivity index (χ4n) is 3.26. The zero-order valence-corrected chi connectivity index (χ0v) is 19.8. The van der Waals surface area contributed by atoms with Crippen LogP contribution >= 0.6 is 28.3 Å². The lowest BCUT2D eigenvalue weighted by atomic mass is 10.1. The van der Waals surface area contributed by atoms with Crippen molar-refractivity contribution in [3.63, 3.8) is 0 Å². The molecule has 0 radical (unpaired) electrons. The normalized spacial score (nSPS) is 11.7. The lowest BCUT2D eigenvalue weighted by Crippen LogP contribution is -2.13. The molecule has 3 aromatic rings. The van der Waals surface area contributed by atoms with E-state index in [1.165, 1.54) is 5.56 Å². The SMILES string of the molecule is COc1cc(CNCc2ccc3c(c2)OCO3)cc(Br)c1OCc1ccc(C)cc1.Cl. The van der Waals surface area contributed by atoms with Gasteiger partial charge < -0.3 is 24.3 Å². The summed E-state index contributed by atoms with van der Waals surface area (Å²) in [6.07, 6.45) is 0. The molecule has 0 atom stereocenters. The largest absolute Gasteiger partial charge is 0.493 e. The molecule has 0 saturated carbocycles. The molecule has 0 fully saturated rings. The van der Waals surface area contributed by atoms with Gasteiger partial charge in [-0.1, -0.05) is 35.9 Å². The highest BCUT2D eigenvalue weighted by atomic mass is 79.9. The van der Waals surface area contributed by atoms with Crippen molar-refractivity contribution < 1.29 is 18.9 Å². The maximum absolute atomic E-state index is 6.04. The Bertz CT molecular complexity index is 1030. The number of nitrogens with one attached hydrogen (secondary N) is 1. The van der Waals surface area contributed by atoms with Gasteiger partial charge in [0, 0.05) is 13.1 Å². The molecule has 0 aliphatic carbocycles. The van der Waals surface area contributed by atoms with Crippen LogP contribution in [0.1, 0.15) is 22.3 Å². The predicted molar refractivity (Wildman–Crippen MR) is 127 cm³/mol. The smallest absolute Gasteiger partial charge is 0.231 e. The zero-order valence-electron chi connectivity index (χ0n) is 17.4. The molecule has 1 heterocycles. The topological polar surface area (TPSA) is 49.0 Å². The first-order chi connectivity index (χ1) is 14.6. The fraction of sp³-hybridized carbons (Fsp3) is 0.250. The van der Waals surface area contributed by atoms with Crippen LogP contribution in [-0.4, -0.2) is 13.9 Å². The molecule has 4 rings (SSSR count). The van der Waals surface area contributed by atoms with E-state index in [0.29, 0.717) is 31.4 Å². The van der Waals surface area contributed by atoms with Gasteiger partial charge in [-0.3, -0.25) is 0 Å². The number of ether oxygens (including phenoxy) is 4. The first kappa shape index (κ1) is 23.3. The molecular weight excluding hydrogens is 482 g/mol. The molecule has 1 aliphatic heterocycles. The Labute approximate surface area is 197 Å². The molecule has 5 nitrogen and oxygen atoms in total. The van der Waals surface area contributed by atoms with Crippen molar-refractivity contribution in [1.82, 2.24) is 5.32 Å². The molecule has 1 N–H and O–H groups in total. The number of methoxy groups -OCH3 is 1. The van der Waals surface area contributed by atoms with Crippen molar-refractivity contribution >= 4 is 28.3 Å². The lowest BCUT2D eigenvalue weighted by Gasteiger charge is -2.15. The van der Waals surface area contributed by atoms with Crippen LogP contribution in [0.3, 0.4) is 0 Å². The van der Waals surface area contributed by atoms with Crippen LogP contribution in [0, 0.1) is 6.92 Å². The number of halogens is 2. The number of fused-ring (bicyclic) bond motifs is 1. The molecule has 0 unspecified atom stereocenters. The average molecular weight is 507 g/mol. The molecule has 1 aliphatic rings. The lowest BCUT2D eigenvalue weighted by molar-refractivity contribution is 0.174. The van der Waals surface area contributed by atoms with Gasteiger partial charge in [0.25, 0.3) is 0 Å². The van der Waals surface area contributed by atoms with Gasteiger partial charge in [-0.2, -0.15) is 0 Å². The number of hydrogen-bond acceptors (Lipinski definition) is 5. The van der Waals surface area contributed by atoms with E-state index in [1.807, 2.05) is 24.3 Å². The quantitative estimate of drug-likeness (QED) is 0.419. The van der Waals surface area contributed by atoms with Gasteiger partial charge in [0.1, 0.15) is 6.61 Å². The Hall–Kier alpha value is -2.41. The summed E-state index contributed by atoms with van der Waals surface area (Å²) in [5.41, 5.74) is 4.59. The maximum Gasteiger partial charge on any atom is 0.231 e. The van der Waals surface area contributed by atoms with Crippen LogP contribution in [0.25, 0.3) is 0 Å². The van der Waals surface area contributed by atoms with E-state index in [-0.39, 0.29) is 12.4 Å². The molecule has 3 aromatic carbocycles. The molecule has 0 amide bonds. The van der Waals surface area contributed by atoms with Crippen LogP contribution in [0.2, 0.25) is 0 Å². The van der Waals surface area contributed by atoms with Gasteiger partial charge in [-0.25, -0.2) is 0 Å². The number of aryl methyl sites for hydroxylation is 1. The summed E-state index contributed by atoms with van der Waals surface area (Å²) >= 11 is 3.63. The Balaban J connectivity index is 0.00000272. The number of hydrogen-bond donors (Lipinski definition) is 1. The zero-order chi connectivity index (χ0) is 20.9. The van der Waals surface area contributed by atoms with Crippen molar-refractivity contribution in [1.29, 1.82) is 0 Å². The van der Waals surface area contributed by atoms with Gasteiger partial charge in [0.15, 0.2) is 23.0 Å². The van der Waals surface area contributed by atoms with Crippen molar-refractivity contribution in [2.45, 2.75) is 26.6 Å². The highest BCUT2D eigenvalue weighted by Gasteiger charge is 2.14. The second-order valence-electron chi connectivity index (χ2n) is 7.17. The van der Waals surface area contributed by atoms with Gasteiger partial charge in [-0.05, 0) is 63.8 Å². The summed E-state index contributed by atoms with van der Waals surface area (Å²) in [7, 11) is 1.66. The van der Waals surface area contributed by atoms with Crippen molar-refractivity contribution in [2.24, 2.45) is 0 Å². The van der Waals surface area contributed by atoms with E-state index in [4.69, 9.17) is 18.9 Å². The summed E-state index contributed by atoms with van der Waals surface area (Å²) in [4.78, 5) is 0. The third kappa shape index (κ3) is 5.85. The first-order valence-electron chi connectivity index (χ1n) is 9.76. The molecule has 0 saturated heterocycles. The highest BCUT2D eigenvalue weighted by Crippen LogP contribution is 2.37. The second kappa shape index (κ2) is 10.8. The standard InChI is InChI=1S/C24H24BrNO4.ClH/c1-16-3-5-17(6-4-16)14-28-24-20(25)9-19(11-23(24)27-2)13-26-12-18-7-8-21-22(10-18)30-15-29-21;/h3-11,26H,12-15H2,1-2H3;1H. The first-order valence-corrected chi connectivity index (χ1v) is 10.6. The minimum absolute atomic E-state index is 0. The van der Waals surface area contributed by atoms with Crippen molar-refractivity contribution in [3.8, 4) is 23.0 Å². The van der Waals surface area contributed by atoms with Gasteiger partial charge in [0.2, 0.25) is 6.79 Å². The van der Waals surface area contributed by atoms with E-state index in [1.54, 1.807) is 7.11 Å². The molecule has 7 heteroatoms. The number of rotatable bonds is 8. The fourth-order valence-corrected chi connectivity index (χ4v) is 3.86. The molecular formula is C24H25BrClNO4. The van der Waals surface area contributed by atoms with Crippen LogP contribution in [0.15, 0.2) is 59.1 Å². The minimum atomic E-state index is 0. The maximum atomic E-state index is 6.04. The molecule has 0 aromatic heterocycles. The summed E-state index contributed by atoms with van der Waals surface area (Å²) in [6, 6.07) is 18.4. The van der Waals surface area contributed by atoms with E-state index < -0.39 is 0 Å². The highest BCUT2D eigenvalue weighted by molar-refractivity contribution is 9.10. The Morgan fingerprint density at radius 3 is 2.39 bits per heavy atom. The monoisotopic (exact) mass is 505 g/mol. The summed E-state index contributed by atoms with van der Waals surface area (Å²) < 4.78 is 23.3. The predicted octanol–water partition coefficient (Wildman–Crippen LogP) is 5.79. The van der Waals surface area contributed by atoms with Gasteiger partial charge >= 0.3 is 0 Å². The summed E-state index contributed by atoms with van der Waals surface area (Å²) in [6.45, 7) is 4.27. The molecule has 164 valence electrons. The van der Waals surface area contributed by atoms with Crippen LogP contribution in [-0.2, 0) is 19.7 Å². The van der Waals surface area contributed by atoms with Crippen LogP contribution < -0.4 is 24.3 Å². The molecule has 31 heavy (non-hydrogen) atoms. The third-order valence-corrected chi connectivity index (χ3v) is 5.48. The second-order valence-corrected chi connectivity index (χ2v) is 8.03. The van der Waals surface area contributed by atoms with E-state index in [2.05, 4.69) is 58.5 Å². The van der Waals surface area contributed by atoms with Crippen molar-refractivity contribution in [3.05, 3.63) is 81.3 Å². The van der Waals surface area contributed by atoms with E-state index in [0.717, 1.165) is 39.2 Å². The Morgan fingerprint density at radius 2 is 1.61 bits per heavy atom. The van der Waals surface area contributed by atoms with Gasteiger partial charge in [0.05, 0.1) is 11.6 Å². The van der Waals surface area contributed by atoms with E-state index >= 15 is 0 Å². The molecule has 0 bridgehead atoms. The third-order valence-electron chi connectivity index (χ3n) is 4.89. The Morgan fingerprint density at radius 1 is 0.903 bits per heavy atom. The Kier molecular flexibility index (Phi) is 8.07. The minimum Gasteiger partial charge on any atom is -0.493 e. The van der Waals surface area contributed by atoms with Gasteiger partial charge in [-0.15, -0.1) is 12.4 Å². The average Bonchev–Trinajstić information content (AvgIpc) is 3.22. The van der Waals surface area contributed by atoms with Crippen molar-refractivity contribution in [2.75, 3.05) is 13.9 Å². The summed E-state index contributed by atoms with van der Waals surface area (Å²) in [5, 5.41) is 3.46. The number of benzene rings is 3. The van der Waals surface area contributed by atoms with E-state index in [9.17, 15) is 0 Å². The van der Waals surface area contributed by atoms with Crippen LogP contribution in [0.5, 0.6) is 23.0 Å². The molecule has 0 spiro atoms. The van der Waals surface area contributed by atoms with Crippen LogP contribution in [0.4, 0.5) is 0 Å². The summed E-state index contributed by atoms with van der Waals surface area (Å²) in [5.74, 6) is 3.01.